The van der Waals surface area contributed by atoms with Gasteiger partial charge in [-0.1, -0.05) is 48.0 Å². The summed E-state index contributed by atoms with van der Waals surface area (Å²) in [4.78, 5) is 12.2. The summed E-state index contributed by atoms with van der Waals surface area (Å²) in [6.07, 6.45) is 3.27. The minimum atomic E-state index is 0.110. The first kappa shape index (κ1) is 15.1. The lowest BCUT2D eigenvalue weighted by molar-refractivity contribution is -0.121. The van der Waals surface area contributed by atoms with Crippen molar-refractivity contribution in [1.29, 1.82) is 0 Å². The molecule has 1 aliphatic carbocycles. The van der Waals surface area contributed by atoms with E-state index < -0.39 is 0 Å². The molecule has 0 bridgehead atoms. The average molecular weight is 314 g/mol. The minimum absolute atomic E-state index is 0.110. The van der Waals surface area contributed by atoms with Gasteiger partial charge < -0.3 is 5.32 Å². The Morgan fingerprint density at radius 2 is 2.09 bits per heavy atom. The molecule has 2 aromatic rings. The van der Waals surface area contributed by atoms with Crippen molar-refractivity contribution in [3.05, 3.63) is 69.7 Å². The van der Waals surface area contributed by atoms with Gasteiger partial charge in [-0.05, 0) is 54.5 Å². The number of fused-ring (bicyclic) bond motifs is 1. The Balaban J connectivity index is 1.56. The van der Waals surface area contributed by atoms with E-state index in [1.165, 1.54) is 11.1 Å². The summed E-state index contributed by atoms with van der Waals surface area (Å²) in [5.41, 5.74) is 4.81. The Kier molecular flexibility index (Phi) is 4.49. The van der Waals surface area contributed by atoms with Gasteiger partial charge in [-0.15, -0.1) is 0 Å². The molecule has 0 aromatic heterocycles. The maximum absolute atomic E-state index is 12.2. The summed E-state index contributed by atoms with van der Waals surface area (Å²) >= 11 is 6.12. The Bertz CT molecular complexity index is 696. The molecule has 114 valence electrons. The molecule has 22 heavy (non-hydrogen) atoms. The zero-order valence-electron chi connectivity index (χ0n) is 12.7. The molecular formula is C19H20ClNO. The van der Waals surface area contributed by atoms with Crippen molar-refractivity contribution >= 4 is 17.5 Å². The van der Waals surface area contributed by atoms with Gasteiger partial charge in [0, 0.05) is 11.4 Å². The van der Waals surface area contributed by atoms with Gasteiger partial charge >= 0.3 is 0 Å². The molecule has 0 saturated heterocycles. The van der Waals surface area contributed by atoms with Crippen LogP contribution in [0.4, 0.5) is 0 Å². The number of amides is 1. The minimum Gasteiger partial charge on any atom is -0.349 e. The molecule has 0 unspecified atom stereocenters. The van der Waals surface area contributed by atoms with Gasteiger partial charge in [-0.2, -0.15) is 0 Å². The SMILES string of the molecule is Cc1ccc(CCC(=O)N[C@H]2CCc3ccccc32)cc1Cl. The molecule has 0 heterocycles. The van der Waals surface area contributed by atoms with E-state index >= 15 is 0 Å². The maximum atomic E-state index is 12.2. The highest BCUT2D eigenvalue weighted by Crippen LogP contribution is 2.30. The molecule has 1 aliphatic rings. The van der Waals surface area contributed by atoms with Crippen LogP contribution in [0.15, 0.2) is 42.5 Å². The van der Waals surface area contributed by atoms with Crippen LogP contribution in [-0.2, 0) is 17.6 Å². The number of benzene rings is 2. The van der Waals surface area contributed by atoms with Crippen LogP contribution in [0.1, 0.15) is 41.1 Å². The molecule has 3 heteroatoms. The lowest BCUT2D eigenvalue weighted by atomic mass is 10.1. The molecule has 2 aromatic carbocycles. The molecular weight excluding hydrogens is 294 g/mol. The molecule has 0 radical (unpaired) electrons. The number of hydrogen-bond donors (Lipinski definition) is 1. The van der Waals surface area contributed by atoms with Crippen LogP contribution in [0.2, 0.25) is 5.02 Å². The molecule has 0 saturated carbocycles. The van der Waals surface area contributed by atoms with Crippen LogP contribution >= 0.6 is 11.6 Å². The third kappa shape index (κ3) is 3.33. The molecule has 1 amide bonds. The second kappa shape index (κ2) is 6.53. The van der Waals surface area contributed by atoms with Crippen molar-refractivity contribution in [2.45, 2.75) is 38.6 Å². The Morgan fingerprint density at radius 3 is 2.91 bits per heavy atom. The van der Waals surface area contributed by atoms with Gasteiger partial charge in [0.25, 0.3) is 0 Å². The second-order valence-electron chi connectivity index (χ2n) is 5.94. The van der Waals surface area contributed by atoms with Crippen molar-refractivity contribution in [1.82, 2.24) is 5.32 Å². The summed E-state index contributed by atoms with van der Waals surface area (Å²) in [5, 5.41) is 3.93. The van der Waals surface area contributed by atoms with E-state index in [9.17, 15) is 4.79 Å². The fraction of sp³-hybridized carbons (Fsp3) is 0.316. The van der Waals surface area contributed by atoms with Crippen LogP contribution in [0, 0.1) is 6.92 Å². The van der Waals surface area contributed by atoms with Crippen molar-refractivity contribution in [3.63, 3.8) is 0 Å². The van der Waals surface area contributed by atoms with E-state index in [4.69, 9.17) is 11.6 Å². The quantitative estimate of drug-likeness (QED) is 0.891. The fourth-order valence-corrected chi connectivity index (χ4v) is 3.23. The van der Waals surface area contributed by atoms with E-state index in [1.54, 1.807) is 0 Å². The number of carbonyl (C=O) groups excluding carboxylic acids is 1. The fourth-order valence-electron chi connectivity index (χ4n) is 3.02. The van der Waals surface area contributed by atoms with Crippen LogP contribution in [0.5, 0.6) is 0 Å². The summed E-state index contributed by atoms with van der Waals surface area (Å²) < 4.78 is 0. The number of nitrogens with one attached hydrogen (secondary N) is 1. The van der Waals surface area contributed by atoms with Crippen LogP contribution < -0.4 is 5.32 Å². The van der Waals surface area contributed by atoms with Gasteiger partial charge in [-0.3, -0.25) is 4.79 Å². The van der Waals surface area contributed by atoms with Gasteiger partial charge in [0.05, 0.1) is 6.04 Å². The third-order valence-electron chi connectivity index (χ3n) is 4.35. The smallest absolute Gasteiger partial charge is 0.220 e. The van der Waals surface area contributed by atoms with E-state index in [2.05, 4.69) is 23.5 Å². The molecule has 1 atom stereocenters. The maximum Gasteiger partial charge on any atom is 0.220 e. The standard InChI is InChI=1S/C19H20ClNO/c1-13-6-7-14(12-17(13)20)8-11-19(22)21-18-10-9-15-4-2-3-5-16(15)18/h2-7,12,18H,8-11H2,1H3,(H,21,22)/t18-/m0/s1. The van der Waals surface area contributed by atoms with E-state index in [0.29, 0.717) is 6.42 Å². The zero-order chi connectivity index (χ0) is 15.5. The van der Waals surface area contributed by atoms with Gasteiger partial charge in [0.2, 0.25) is 5.91 Å². The van der Waals surface area contributed by atoms with Crippen molar-refractivity contribution in [3.8, 4) is 0 Å². The highest BCUT2D eigenvalue weighted by Gasteiger charge is 2.23. The van der Waals surface area contributed by atoms with Crippen molar-refractivity contribution in [2.24, 2.45) is 0 Å². The Morgan fingerprint density at radius 1 is 1.27 bits per heavy atom. The molecule has 2 nitrogen and oxygen atoms in total. The van der Waals surface area contributed by atoms with Gasteiger partial charge in [0.1, 0.15) is 0 Å². The number of carbonyl (C=O) groups is 1. The van der Waals surface area contributed by atoms with Gasteiger partial charge in [0.15, 0.2) is 0 Å². The van der Waals surface area contributed by atoms with Crippen molar-refractivity contribution < 1.29 is 4.79 Å². The topological polar surface area (TPSA) is 29.1 Å². The summed E-state index contributed by atoms with van der Waals surface area (Å²) in [6.45, 7) is 1.98. The predicted octanol–water partition coefficient (Wildman–Crippen LogP) is 4.38. The lowest BCUT2D eigenvalue weighted by Crippen LogP contribution is -2.27. The number of halogens is 1. The second-order valence-corrected chi connectivity index (χ2v) is 6.35. The number of hydrogen-bond acceptors (Lipinski definition) is 1. The van der Waals surface area contributed by atoms with E-state index in [-0.39, 0.29) is 11.9 Å². The Hall–Kier alpha value is -1.80. The first-order valence-corrected chi connectivity index (χ1v) is 8.13. The lowest BCUT2D eigenvalue weighted by Gasteiger charge is -2.14. The predicted molar refractivity (Wildman–Crippen MR) is 90.2 cm³/mol. The molecule has 1 N–H and O–H groups in total. The van der Waals surface area contributed by atoms with Gasteiger partial charge in [-0.25, -0.2) is 0 Å². The normalized spacial score (nSPS) is 16.4. The number of rotatable bonds is 4. The first-order chi connectivity index (χ1) is 10.6. The first-order valence-electron chi connectivity index (χ1n) is 7.75. The highest BCUT2D eigenvalue weighted by atomic mass is 35.5. The zero-order valence-corrected chi connectivity index (χ0v) is 13.5. The van der Waals surface area contributed by atoms with Crippen LogP contribution in [0.25, 0.3) is 0 Å². The monoisotopic (exact) mass is 313 g/mol. The largest absolute Gasteiger partial charge is 0.349 e. The summed E-state index contributed by atoms with van der Waals surface area (Å²) in [5.74, 6) is 0.110. The molecule has 0 aliphatic heterocycles. The third-order valence-corrected chi connectivity index (χ3v) is 4.75. The Labute approximate surface area is 136 Å². The van der Waals surface area contributed by atoms with E-state index in [1.807, 2.05) is 31.2 Å². The summed E-state index contributed by atoms with van der Waals surface area (Å²) in [6, 6.07) is 14.5. The average Bonchev–Trinajstić information content (AvgIpc) is 2.92. The number of aryl methyl sites for hydroxylation is 3. The molecule has 0 fully saturated rings. The van der Waals surface area contributed by atoms with Crippen LogP contribution in [0.3, 0.4) is 0 Å². The van der Waals surface area contributed by atoms with Crippen molar-refractivity contribution in [2.75, 3.05) is 0 Å². The molecule has 0 spiro atoms. The van der Waals surface area contributed by atoms with Crippen LogP contribution in [-0.4, -0.2) is 5.91 Å². The van der Waals surface area contributed by atoms with E-state index in [0.717, 1.165) is 35.4 Å². The molecule has 3 rings (SSSR count). The highest BCUT2D eigenvalue weighted by molar-refractivity contribution is 6.31. The summed E-state index contributed by atoms with van der Waals surface area (Å²) in [7, 11) is 0.